The van der Waals surface area contributed by atoms with E-state index in [1.54, 1.807) is 0 Å². The van der Waals surface area contributed by atoms with Crippen LogP contribution in [0.1, 0.15) is 48.6 Å². The molecule has 0 bridgehead atoms. The van der Waals surface area contributed by atoms with Crippen molar-refractivity contribution in [3.63, 3.8) is 0 Å². The van der Waals surface area contributed by atoms with Gasteiger partial charge < -0.3 is 14.1 Å². The van der Waals surface area contributed by atoms with Crippen molar-refractivity contribution in [3.8, 4) is 33.4 Å². The van der Waals surface area contributed by atoms with Crippen molar-refractivity contribution in [2.75, 3.05) is 9.71 Å². The first-order valence-corrected chi connectivity index (χ1v) is 25.4. The molecule has 2 aromatic heterocycles. The zero-order chi connectivity index (χ0) is 46.2. The predicted molar refractivity (Wildman–Crippen MR) is 295 cm³/mol. The van der Waals surface area contributed by atoms with Gasteiger partial charge in [0.05, 0.1) is 11.1 Å². The van der Waals surface area contributed by atoms with Gasteiger partial charge in [-0.2, -0.15) is 0 Å². The van der Waals surface area contributed by atoms with Crippen molar-refractivity contribution in [1.29, 1.82) is 0 Å². The van der Waals surface area contributed by atoms with Crippen LogP contribution >= 0.6 is 11.3 Å². The number of rotatable bonds is 2. The lowest BCUT2D eigenvalue weighted by Crippen LogP contribution is -2.63. The van der Waals surface area contributed by atoms with Gasteiger partial charge >= 0.3 is 6.85 Å². The minimum atomic E-state index is -0.555. The number of nitrogens with zero attached hydrogens (tertiary/aromatic N) is 2. The third-order valence-corrected chi connectivity index (χ3v) is 17.4. The molecular weight excluding hydrogens is 868 g/mol. The van der Waals surface area contributed by atoms with E-state index in [0.717, 1.165) is 27.6 Å². The smallest absolute Gasteiger partial charge is 0.334 e. The van der Waals surface area contributed by atoms with E-state index in [4.69, 9.17) is 4.42 Å². The van der Waals surface area contributed by atoms with Crippen molar-refractivity contribution in [2.45, 2.75) is 31.6 Å². The van der Waals surface area contributed by atoms with Crippen LogP contribution in [0.4, 0.5) is 28.4 Å². The van der Waals surface area contributed by atoms with Gasteiger partial charge in [0.15, 0.2) is 0 Å². The van der Waals surface area contributed by atoms with Crippen LogP contribution in [0.2, 0.25) is 0 Å². The van der Waals surface area contributed by atoms with Crippen LogP contribution in [-0.4, -0.2) is 6.85 Å². The summed E-state index contributed by atoms with van der Waals surface area (Å²) in [7, 11) is 0. The van der Waals surface area contributed by atoms with Crippen LogP contribution in [-0.2, 0) is 10.8 Å². The van der Waals surface area contributed by atoms with Crippen LogP contribution in [0.25, 0.3) is 75.5 Å². The molecule has 12 aromatic rings. The van der Waals surface area contributed by atoms with Crippen molar-refractivity contribution in [3.05, 3.63) is 234 Å². The van der Waals surface area contributed by atoms with Crippen molar-refractivity contribution in [2.24, 2.45) is 0 Å². The summed E-state index contributed by atoms with van der Waals surface area (Å²) in [5, 5.41) is 4.84. The number of thiophene rings is 1. The van der Waals surface area contributed by atoms with E-state index in [-0.39, 0.29) is 12.3 Å². The number of benzene rings is 10. The number of anilines is 5. The fourth-order valence-electron chi connectivity index (χ4n) is 13.3. The SMILES string of the molecule is CC(C)(C)c1ccc(N2c3cc4c(oc5ccccc54)c4c3B(c3c2ccc2c3sc3ccccc32)N2c3ccccc3C3(c5ccccc5-c5ccccc53)c3cccc-4c32)c(-c2ccccc2)c1. The van der Waals surface area contributed by atoms with Crippen molar-refractivity contribution < 1.29 is 4.42 Å². The first-order chi connectivity index (χ1) is 34.4. The van der Waals surface area contributed by atoms with E-state index in [1.807, 2.05) is 11.3 Å². The molecule has 0 saturated carbocycles. The molecule has 70 heavy (non-hydrogen) atoms. The normalized spacial score (nSPS) is 14.5. The Balaban J connectivity index is 1.12. The maximum absolute atomic E-state index is 7.28. The summed E-state index contributed by atoms with van der Waals surface area (Å²) in [6.07, 6.45) is 0. The van der Waals surface area contributed by atoms with E-state index in [1.165, 1.54) is 115 Å². The second kappa shape index (κ2) is 13.6. The Kier molecular flexibility index (Phi) is 7.52. The number of hydrogen-bond acceptors (Lipinski definition) is 4. The molecule has 5 heterocycles. The van der Waals surface area contributed by atoms with Gasteiger partial charge in [-0.25, -0.2) is 0 Å². The third-order valence-electron chi connectivity index (χ3n) is 16.2. The van der Waals surface area contributed by atoms with Gasteiger partial charge in [-0.3, -0.25) is 0 Å². The van der Waals surface area contributed by atoms with Gasteiger partial charge in [-0.1, -0.05) is 185 Å². The molecule has 0 amide bonds. The van der Waals surface area contributed by atoms with Gasteiger partial charge in [-0.15, -0.1) is 11.3 Å². The number of furan rings is 1. The summed E-state index contributed by atoms with van der Waals surface area (Å²) < 4.78 is 9.90. The highest BCUT2D eigenvalue weighted by molar-refractivity contribution is 7.27. The summed E-state index contributed by atoms with van der Waals surface area (Å²) in [6, 6.07) is 77.9. The zero-order valence-corrected chi connectivity index (χ0v) is 39.7. The maximum atomic E-state index is 7.28. The molecule has 0 saturated heterocycles. The van der Waals surface area contributed by atoms with Gasteiger partial charge in [0, 0.05) is 70.4 Å². The number of para-hydroxylation sites is 3. The van der Waals surface area contributed by atoms with E-state index >= 15 is 0 Å². The Bertz CT molecular complexity index is 4220. The summed E-state index contributed by atoms with van der Waals surface area (Å²) >= 11 is 1.93. The Morgan fingerprint density at radius 2 is 1.13 bits per heavy atom. The maximum Gasteiger partial charge on any atom is 0.334 e. The van der Waals surface area contributed by atoms with Crippen LogP contribution in [0.15, 0.2) is 211 Å². The molecule has 5 heteroatoms. The predicted octanol–water partition coefficient (Wildman–Crippen LogP) is 16.3. The van der Waals surface area contributed by atoms with Gasteiger partial charge in [0.2, 0.25) is 0 Å². The first-order valence-electron chi connectivity index (χ1n) is 24.5. The molecule has 0 atom stereocenters. The molecule has 3 aliphatic heterocycles. The molecule has 1 spiro atoms. The minimum absolute atomic E-state index is 0.0508. The Hall–Kier alpha value is -8.12. The Labute approximate surface area is 410 Å². The number of fused-ring (bicyclic) bond motifs is 21. The number of hydrogen-bond donors (Lipinski definition) is 0. The van der Waals surface area contributed by atoms with Gasteiger partial charge in [-0.05, 0) is 103 Å². The van der Waals surface area contributed by atoms with E-state index in [2.05, 4.69) is 237 Å². The molecule has 16 rings (SSSR count). The summed E-state index contributed by atoms with van der Waals surface area (Å²) in [5.74, 6) is 0. The molecular formula is C65H43BN2OS. The summed E-state index contributed by atoms with van der Waals surface area (Å²) in [5.41, 5.74) is 23.8. The van der Waals surface area contributed by atoms with Crippen LogP contribution in [0, 0.1) is 0 Å². The lowest BCUT2D eigenvalue weighted by atomic mass is 9.42. The second-order valence-electron chi connectivity index (χ2n) is 20.6. The van der Waals surface area contributed by atoms with Gasteiger partial charge in [0.1, 0.15) is 11.2 Å². The lowest BCUT2D eigenvalue weighted by molar-refractivity contribution is 0.590. The fraction of sp³-hybridized carbons (Fsp3) is 0.0769. The lowest BCUT2D eigenvalue weighted by Gasteiger charge is -2.52. The molecule has 3 nitrogen and oxygen atoms in total. The molecule has 1 aliphatic carbocycles. The van der Waals surface area contributed by atoms with Crippen LogP contribution < -0.4 is 20.6 Å². The van der Waals surface area contributed by atoms with E-state index in [9.17, 15) is 0 Å². The van der Waals surface area contributed by atoms with Crippen molar-refractivity contribution >= 4 is 99.7 Å². The summed E-state index contributed by atoms with van der Waals surface area (Å²) in [4.78, 5) is 5.38. The topological polar surface area (TPSA) is 19.6 Å². The average Bonchev–Trinajstić information content (AvgIpc) is 4.07. The highest BCUT2D eigenvalue weighted by atomic mass is 32.1. The largest absolute Gasteiger partial charge is 0.455 e. The molecule has 0 unspecified atom stereocenters. The highest BCUT2D eigenvalue weighted by Crippen LogP contribution is 2.65. The first kappa shape index (κ1) is 38.8. The molecule has 4 aliphatic rings. The molecule has 10 aromatic carbocycles. The Morgan fingerprint density at radius 1 is 0.471 bits per heavy atom. The highest BCUT2D eigenvalue weighted by Gasteiger charge is 2.57. The quantitative estimate of drug-likeness (QED) is 0.161. The molecule has 328 valence electrons. The molecule has 0 radical (unpaired) electrons. The second-order valence-corrected chi connectivity index (χ2v) is 21.7. The van der Waals surface area contributed by atoms with E-state index in [0.29, 0.717) is 0 Å². The van der Waals surface area contributed by atoms with Crippen LogP contribution in [0.5, 0.6) is 0 Å². The molecule has 0 N–H and O–H groups in total. The average molecular weight is 911 g/mol. The third kappa shape index (κ3) is 4.76. The zero-order valence-electron chi connectivity index (χ0n) is 38.9. The standard InChI is InChI=1S/C65H43BN2OS/c1-64(2,3)39-32-34-52(46(36-39)38-18-5-4-6-19-38)67-54-35-33-44-43-23-10-16-31-57(43)70-63(44)60(54)66-59-55(67)37-47-42-22-9-15-30-56(42)69-62(47)58(59)45-24-17-28-51-61(45)68(66)53-29-14-13-27-50(53)65(51)48-25-11-7-20-40(48)41-21-8-12-26-49(41)65/h4-37H,1-3H3. The molecule has 0 fully saturated rings. The van der Waals surface area contributed by atoms with Gasteiger partial charge in [0.25, 0.3) is 0 Å². The summed E-state index contributed by atoms with van der Waals surface area (Å²) in [6.45, 7) is 6.75. The van der Waals surface area contributed by atoms with Crippen LogP contribution in [0.3, 0.4) is 0 Å². The minimum Gasteiger partial charge on any atom is -0.455 e. The van der Waals surface area contributed by atoms with Crippen molar-refractivity contribution in [1.82, 2.24) is 0 Å². The fourth-order valence-corrected chi connectivity index (χ4v) is 14.6. The monoisotopic (exact) mass is 910 g/mol. The van der Waals surface area contributed by atoms with E-state index < -0.39 is 5.41 Å². The Morgan fingerprint density at radius 3 is 1.93 bits per heavy atom.